The minimum Gasteiger partial charge on any atom is -0.493 e. The van der Waals surface area contributed by atoms with E-state index < -0.39 is 11.9 Å². The van der Waals surface area contributed by atoms with Crippen LogP contribution in [-0.4, -0.2) is 92.5 Å². The van der Waals surface area contributed by atoms with E-state index in [-0.39, 0.29) is 5.91 Å². The Hall–Kier alpha value is -4.97. The van der Waals surface area contributed by atoms with E-state index in [4.69, 9.17) is 43.5 Å². The molecule has 0 aliphatic carbocycles. The molecular formula is C31H36N2O10. The second-order valence-electron chi connectivity index (χ2n) is 9.35. The molecule has 12 heteroatoms. The van der Waals surface area contributed by atoms with Crippen LogP contribution < -0.4 is 23.7 Å². The smallest absolute Gasteiger partial charge is 0.414 e. The predicted molar refractivity (Wildman–Crippen MR) is 156 cm³/mol. The first-order valence-electron chi connectivity index (χ1n) is 13.3. The number of hydrogen-bond acceptors (Lipinski definition) is 9. The van der Waals surface area contributed by atoms with Crippen molar-refractivity contribution in [2.24, 2.45) is 0 Å². The fraction of sp³-hybridized carbons (Fsp3) is 0.323. The van der Waals surface area contributed by atoms with Crippen molar-refractivity contribution in [2.45, 2.75) is 13.2 Å². The van der Waals surface area contributed by atoms with E-state index in [0.717, 1.165) is 36.5 Å². The predicted octanol–water partition coefficient (Wildman–Crippen LogP) is 3.41. The third-order valence-corrected chi connectivity index (χ3v) is 6.63. The van der Waals surface area contributed by atoms with Crippen LogP contribution in [0.15, 0.2) is 60.7 Å². The van der Waals surface area contributed by atoms with Gasteiger partial charge in [-0.1, -0.05) is 36.4 Å². The molecule has 12 nitrogen and oxygen atoms in total. The normalized spacial score (nSPS) is 12.8. The van der Waals surface area contributed by atoms with Gasteiger partial charge in [0.05, 0.1) is 28.4 Å². The first kappa shape index (κ1) is 32.5. The van der Waals surface area contributed by atoms with Crippen molar-refractivity contribution in [3.8, 4) is 28.7 Å². The molecule has 0 aromatic heterocycles. The zero-order valence-corrected chi connectivity index (χ0v) is 24.6. The molecular weight excluding hydrogens is 560 g/mol. The Balaban J connectivity index is 0.000000765. The fourth-order valence-electron chi connectivity index (χ4n) is 4.42. The van der Waals surface area contributed by atoms with E-state index in [1.165, 1.54) is 0 Å². The van der Waals surface area contributed by atoms with Gasteiger partial charge in [-0.25, -0.2) is 9.59 Å². The van der Waals surface area contributed by atoms with Crippen LogP contribution in [0.1, 0.15) is 21.5 Å². The summed E-state index contributed by atoms with van der Waals surface area (Å²) in [6, 6.07) is 19.5. The Morgan fingerprint density at radius 1 is 0.674 bits per heavy atom. The fourth-order valence-corrected chi connectivity index (χ4v) is 4.42. The molecule has 1 aliphatic heterocycles. The van der Waals surface area contributed by atoms with Crippen LogP contribution in [-0.2, 0) is 22.7 Å². The highest BCUT2D eigenvalue weighted by Crippen LogP contribution is 2.38. The van der Waals surface area contributed by atoms with E-state index in [1.807, 2.05) is 47.4 Å². The number of rotatable bonds is 10. The van der Waals surface area contributed by atoms with Gasteiger partial charge in [0.1, 0.15) is 6.61 Å². The Kier molecular flexibility index (Phi) is 12.0. The standard InChI is InChI=1S/C29H34N2O6.C2H2O4/c1-33-24-11-10-22(16-25(24)37-20-21-8-6-5-7-9-21)19-30-12-14-31(15-13-30)29(32)23-17-26(34-2)28(36-4)27(18-23)35-3;3-1(4)2(5)6/h5-11,16-18H,12-15,19-20H2,1-4H3;(H,3,4)(H,5,6). The van der Waals surface area contributed by atoms with E-state index in [2.05, 4.69) is 11.0 Å². The summed E-state index contributed by atoms with van der Waals surface area (Å²) in [5.41, 5.74) is 2.74. The minimum absolute atomic E-state index is 0.0556. The number of carboxylic acid groups (broad SMARTS) is 2. The molecule has 43 heavy (non-hydrogen) atoms. The molecule has 0 atom stereocenters. The monoisotopic (exact) mass is 596 g/mol. The molecule has 1 fully saturated rings. The largest absolute Gasteiger partial charge is 0.493 e. The number of carbonyl (C=O) groups excluding carboxylic acids is 1. The summed E-state index contributed by atoms with van der Waals surface area (Å²) in [5.74, 6) is -0.870. The first-order chi connectivity index (χ1) is 20.7. The second-order valence-corrected chi connectivity index (χ2v) is 9.35. The van der Waals surface area contributed by atoms with Crippen molar-refractivity contribution in [3.63, 3.8) is 0 Å². The molecule has 1 saturated heterocycles. The lowest BCUT2D eigenvalue weighted by molar-refractivity contribution is -0.159. The number of hydrogen-bond donors (Lipinski definition) is 2. The molecule has 2 N–H and O–H groups in total. The second kappa shape index (κ2) is 15.9. The van der Waals surface area contributed by atoms with Crippen molar-refractivity contribution >= 4 is 17.8 Å². The van der Waals surface area contributed by atoms with Gasteiger partial charge in [-0.05, 0) is 35.4 Å². The van der Waals surface area contributed by atoms with Gasteiger partial charge < -0.3 is 38.8 Å². The maximum atomic E-state index is 13.2. The number of nitrogens with zero attached hydrogens (tertiary/aromatic N) is 2. The first-order valence-corrected chi connectivity index (χ1v) is 13.3. The summed E-state index contributed by atoms with van der Waals surface area (Å²) in [7, 11) is 6.28. The van der Waals surface area contributed by atoms with Gasteiger partial charge in [0.25, 0.3) is 5.91 Å². The number of ether oxygens (including phenoxy) is 5. The third-order valence-electron chi connectivity index (χ3n) is 6.63. The quantitative estimate of drug-likeness (QED) is 0.332. The zero-order chi connectivity index (χ0) is 31.4. The number of carbonyl (C=O) groups is 3. The Labute approximate surface area is 249 Å². The van der Waals surface area contributed by atoms with Crippen molar-refractivity contribution in [3.05, 3.63) is 77.4 Å². The van der Waals surface area contributed by atoms with E-state index in [9.17, 15) is 4.79 Å². The Bertz CT molecular complexity index is 1350. The summed E-state index contributed by atoms with van der Waals surface area (Å²) in [6.45, 7) is 4.02. The Morgan fingerprint density at radius 2 is 1.26 bits per heavy atom. The summed E-state index contributed by atoms with van der Waals surface area (Å²) >= 11 is 0. The van der Waals surface area contributed by atoms with Gasteiger partial charge in [0.2, 0.25) is 5.75 Å². The van der Waals surface area contributed by atoms with Crippen molar-refractivity contribution in [1.29, 1.82) is 0 Å². The van der Waals surface area contributed by atoms with Crippen LogP contribution in [0.3, 0.4) is 0 Å². The van der Waals surface area contributed by atoms with Gasteiger partial charge in [0, 0.05) is 38.3 Å². The molecule has 3 aromatic rings. The van der Waals surface area contributed by atoms with Crippen LogP contribution in [0.5, 0.6) is 28.7 Å². The molecule has 4 rings (SSSR count). The highest BCUT2D eigenvalue weighted by atomic mass is 16.5. The van der Waals surface area contributed by atoms with Crippen molar-refractivity contribution in [2.75, 3.05) is 54.6 Å². The Morgan fingerprint density at radius 3 is 1.77 bits per heavy atom. The molecule has 0 unspecified atom stereocenters. The van der Waals surface area contributed by atoms with Crippen LogP contribution in [0, 0.1) is 0 Å². The van der Waals surface area contributed by atoms with Gasteiger partial charge in [-0.2, -0.15) is 0 Å². The van der Waals surface area contributed by atoms with Crippen molar-refractivity contribution < 1.29 is 48.3 Å². The minimum atomic E-state index is -1.82. The van der Waals surface area contributed by atoms with Gasteiger partial charge in [0.15, 0.2) is 23.0 Å². The van der Waals surface area contributed by atoms with Crippen LogP contribution in [0.2, 0.25) is 0 Å². The van der Waals surface area contributed by atoms with Crippen LogP contribution in [0.4, 0.5) is 0 Å². The molecule has 230 valence electrons. The number of methoxy groups -OCH3 is 4. The van der Waals surface area contributed by atoms with E-state index in [0.29, 0.717) is 48.3 Å². The topological polar surface area (TPSA) is 144 Å². The van der Waals surface area contributed by atoms with E-state index in [1.54, 1.807) is 40.6 Å². The number of piperazine rings is 1. The number of benzene rings is 3. The van der Waals surface area contributed by atoms with Gasteiger partial charge in [-0.15, -0.1) is 0 Å². The van der Waals surface area contributed by atoms with E-state index >= 15 is 0 Å². The van der Waals surface area contributed by atoms with Crippen LogP contribution >= 0.6 is 0 Å². The average molecular weight is 597 g/mol. The van der Waals surface area contributed by atoms with Gasteiger partial charge in [-0.3, -0.25) is 9.69 Å². The van der Waals surface area contributed by atoms with Gasteiger partial charge >= 0.3 is 11.9 Å². The number of aliphatic carboxylic acids is 2. The zero-order valence-electron chi connectivity index (χ0n) is 24.6. The average Bonchev–Trinajstić information content (AvgIpc) is 3.03. The molecule has 0 spiro atoms. The lowest BCUT2D eigenvalue weighted by Crippen LogP contribution is -2.48. The number of amides is 1. The SMILES string of the molecule is COc1ccc(CN2CCN(C(=O)c3cc(OC)c(OC)c(OC)c3)CC2)cc1OCc1ccccc1.O=C(O)C(=O)O. The lowest BCUT2D eigenvalue weighted by atomic mass is 10.1. The molecule has 0 saturated carbocycles. The summed E-state index contributed by atoms with van der Waals surface area (Å²) in [6.07, 6.45) is 0. The molecule has 1 amide bonds. The molecule has 1 aliphatic rings. The molecule has 1 heterocycles. The third kappa shape index (κ3) is 9.01. The summed E-state index contributed by atoms with van der Waals surface area (Å²) in [5, 5.41) is 14.8. The maximum absolute atomic E-state index is 13.2. The maximum Gasteiger partial charge on any atom is 0.414 e. The highest BCUT2D eigenvalue weighted by Gasteiger charge is 2.25. The highest BCUT2D eigenvalue weighted by molar-refractivity contribution is 6.27. The summed E-state index contributed by atoms with van der Waals surface area (Å²) in [4.78, 5) is 35.6. The number of carboxylic acids is 2. The van der Waals surface area contributed by atoms with Crippen LogP contribution in [0.25, 0.3) is 0 Å². The lowest BCUT2D eigenvalue weighted by Gasteiger charge is -2.35. The molecule has 3 aromatic carbocycles. The van der Waals surface area contributed by atoms with Crippen molar-refractivity contribution in [1.82, 2.24) is 9.80 Å². The molecule has 0 bridgehead atoms. The summed E-state index contributed by atoms with van der Waals surface area (Å²) < 4.78 is 27.8. The molecule has 0 radical (unpaired) electrons.